The van der Waals surface area contributed by atoms with Crippen molar-refractivity contribution in [3.63, 3.8) is 0 Å². The van der Waals surface area contributed by atoms with E-state index >= 15 is 0 Å². The first-order chi connectivity index (χ1) is 11.6. The van der Waals surface area contributed by atoms with Crippen LogP contribution in [0.15, 0.2) is 48.7 Å². The summed E-state index contributed by atoms with van der Waals surface area (Å²) in [5, 5.41) is 14.3. The third-order valence-electron chi connectivity index (χ3n) is 3.25. The van der Waals surface area contributed by atoms with Gasteiger partial charge in [0.15, 0.2) is 0 Å². The van der Waals surface area contributed by atoms with Crippen LogP contribution in [0.4, 0.5) is 11.4 Å². The third kappa shape index (κ3) is 4.91. The van der Waals surface area contributed by atoms with Crippen LogP contribution in [0.1, 0.15) is 11.3 Å². The summed E-state index contributed by atoms with van der Waals surface area (Å²) in [6.45, 7) is 0.523. The third-order valence-corrected chi connectivity index (χ3v) is 3.25. The van der Waals surface area contributed by atoms with E-state index in [4.69, 9.17) is 0 Å². The normalized spacial score (nSPS) is 10.5. The van der Waals surface area contributed by atoms with Crippen molar-refractivity contribution in [3.05, 3.63) is 70.0 Å². The van der Waals surface area contributed by atoms with Gasteiger partial charge in [-0.25, -0.2) is 4.79 Å². The zero-order chi connectivity index (χ0) is 17.4. The number of nitrogens with one attached hydrogen (secondary N) is 1. The van der Waals surface area contributed by atoms with Gasteiger partial charge in [-0.3, -0.25) is 15.1 Å². The highest BCUT2D eigenvalue weighted by atomic mass is 16.6. The van der Waals surface area contributed by atoms with E-state index in [1.165, 1.54) is 25.3 Å². The Bertz CT molecular complexity index is 745. The predicted molar refractivity (Wildman–Crippen MR) is 90.6 cm³/mol. The number of carbonyl (C=O) groups is 1. The summed E-state index contributed by atoms with van der Waals surface area (Å²) < 4.78 is 4.49. The topological polar surface area (TPSA) is 94.4 Å². The number of aromatic nitrogens is 1. The van der Waals surface area contributed by atoms with Gasteiger partial charge < -0.3 is 10.1 Å². The highest BCUT2D eigenvalue weighted by Crippen LogP contribution is 2.26. The minimum atomic E-state index is -0.518. The zero-order valence-corrected chi connectivity index (χ0v) is 13.1. The SMILES string of the molecule is COC(=O)/C=C/c1ccc(NCCc2ccccn2)c([N+](=O)[O-])c1. The molecule has 0 radical (unpaired) electrons. The van der Waals surface area contributed by atoms with Crippen LogP contribution in [0.5, 0.6) is 0 Å². The Morgan fingerprint density at radius 1 is 1.38 bits per heavy atom. The van der Waals surface area contributed by atoms with Gasteiger partial charge in [0.25, 0.3) is 5.69 Å². The first-order valence-electron chi connectivity index (χ1n) is 7.28. The highest BCUT2D eigenvalue weighted by Gasteiger charge is 2.13. The zero-order valence-electron chi connectivity index (χ0n) is 13.1. The van der Waals surface area contributed by atoms with Crippen molar-refractivity contribution in [2.24, 2.45) is 0 Å². The fraction of sp³-hybridized carbons (Fsp3) is 0.176. The average Bonchev–Trinajstić information content (AvgIpc) is 2.61. The number of carbonyl (C=O) groups excluding carboxylic acids is 1. The lowest BCUT2D eigenvalue weighted by molar-refractivity contribution is -0.384. The molecule has 0 aliphatic carbocycles. The van der Waals surface area contributed by atoms with E-state index in [2.05, 4.69) is 15.0 Å². The van der Waals surface area contributed by atoms with Crippen LogP contribution in [0.3, 0.4) is 0 Å². The van der Waals surface area contributed by atoms with Crippen LogP contribution in [0.2, 0.25) is 0 Å². The summed E-state index contributed by atoms with van der Waals surface area (Å²) >= 11 is 0. The fourth-order valence-electron chi connectivity index (χ4n) is 2.06. The van der Waals surface area contributed by atoms with E-state index in [0.29, 0.717) is 24.2 Å². The number of anilines is 1. The summed E-state index contributed by atoms with van der Waals surface area (Å²) in [6, 6.07) is 10.3. The Morgan fingerprint density at radius 2 is 2.21 bits per heavy atom. The van der Waals surface area contributed by atoms with Crippen molar-refractivity contribution in [2.45, 2.75) is 6.42 Å². The molecule has 0 unspecified atom stereocenters. The molecular weight excluding hydrogens is 310 g/mol. The van der Waals surface area contributed by atoms with Gasteiger partial charge in [-0.2, -0.15) is 0 Å². The van der Waals surface area contributed by atoms with Gasteiger partial charge in [0.05, 0.1) is 12.0 Å². The molecule has 124 valence electrons. The van der Waals surface area contributed by atoms with Crippen LogP contribution in [-0.2, 0) is 16.0 Å². The maximum Gasteiger partial charge on any atom is 0.330 e. The maximum absolute atomic E-state index is 11.2. The van der Waals surface area contributed by atoms with Crippen molar-refractivity contribution in [3.8, 4) is 0 Å². The number of pyridine rings is 1. The molecule has 0 aliphatic rings. The van der Waals surface area contributed by atoms with E-state index in [1.54, 1.807) is 18.3 Å². The number of ether oxygens (including phenoxy) is 1. The van der Waals surface area contributed by atoms with E-state index in [9.17, 15) is 14.9 Å². The van der Waals surface area contributed by atoms with Crippen molar-refractivity contribution in [2.75, 3.05) is 19.0 Å². The van der Waals surface area contributed by atoms with Crippen LogP contribution in [-0.4, -0.2) is 29.5 Å². The maximum atomic E-state index is 11.2. The molecule has 1 aromatic carbocycles. The van der Waals surface area contributed by atoms with Crippen molar-refractivity contribution in [1.82, 2.24) is 4.98 Å². The Kier molecular flexibility index (Phi) is 6.01. The summed E-state index contributed by atoms with van der Waals surface area (Å²) in [6.07, 6.45) is 5.05. The number of methoxy groups -OCH3 is 1. The lowest BCUT2D eigenvalue weighted by Crippen LogP contribution is -2.07. The lowest BCUT2D eigenvalue weighted by Gasteiger charge is -2.07. The van der Waals surface area contributed by atoms with Gasteiger partial charge in [-0.1, -0.05) is 12.1 Å². The summed E-state index contributed by atoms with van der Waals surface area (Å²) in [5.41, 5.74) is 1.82. The van der Waals surface area contributed by atoms with Crippen LogP contribution in [0, 0.1) is 10.1 Å². The predicted octanol–water partition coefficient (Wildman–Crippen LogP) is 2.83. The molecule has 1 aromatic heterocycles. The Labute approximate surface area is 139 Å². The minimum absolute atomic E-state index is 0.0527. The van der Waals surface area contributed by atoms with E-state index in [-0.39, 0.29) is 5.69 Å². The molecule has 24 heavy (non-hydrogen) atoms. The monoisotopic (exact) mass is 327 g/mol. The molecule has 2 aromatic rings. The molecule has 0 spiro atoms. The number of hydrogen-bond donors (Lipinski definition) is 1. The number of hydrogen-bond acceptors (Lipinski definition) is 6. The van der Waals surface area contributed by atoms with E-state index < -0.39 is 10.9 Å². The smallest absolute Gasteiger partial charge is 0.330 e. The summed E-state index contributed by atoms with van der Waals surface area (Å²) in [7, 11) is 1.27. The largest absolute Gasteiger partial charge is 0.466 e. The minimum Gasteiger partial charge on any atom is -0.466 e. The molecular formula is C17H17N3O4. The Morgan fingerprint density at radius 3 is 2.88 bits per heavy atom. The van der Waals surface area contributed by atoms with Gasteiger partial charge in [-0.05, 0) is 29.8 Å². The standard InChI is InChI=1S/C17H17N3O4/c1-24-17(21)8-6-13-5-7-15(16(12-13)20(22)23)19-11-9-14-4-2-3-10-18-14/h2-8,10,12,19H,9,11H2,1H3/b8-6+. The second-order valence-corrected chi connectivity index (χ2v) is 4.89. The highest BCUT2D eigenvalue weighted by molar-refractivity contribution is 5.87. The molecule has 0 fully saturated rings. The number of nitro benzene ring substituents is 1. The molecule has 0 amide bonds. The Hall–Kier alpha value is -3.22. The molecule has 0 atom stereocenters. The van der Waals surface area contributed by atoms with Crippen LogP contribution in [0.25, 0.3) is 6.08 Å². The molecule has 1 N–H and O–H groups in total. The lowest BCUT2D eigenvalue weighted by atomic mass is 10.1. The van der Waals surface area contributed by atoms with Gasteiger partial charge in [0.2, 0.25) is 0 Å². The van der Waals surface area contributed by atoms with Gasteiger partial charge in [0, 0.05) is 37.0 Å². The number of benzene rings is 1. The van der Waals surface area contributed by atoms with Crippen molar-refractivity contribution >= 4 is 23.4 Å². The van der Waals surface area contributed by atoms with Gasteiger partial charge in [-0.15, -0.1) is 0 Å². The molecule has 1 heterocycles. The molecule has 0 saturated carbocycles. The second kappa shape index (κ2) is 8.42. The number of nitrogens with zero attached hydrogens (tertiary/aromatic N) is 2. The number of esters is 1. The van der Waals surface area contributed by atoms with Gasteiger partial charge >= 0.3 is 5.97 Å². The molecule has 0 saturated heterocycles. The van der Waals surface area contributed by atoms with Crippen LogP contribution >= 0.6 is 0 Å². The summed E-state index contributed by atoms with van der Waals surface area (Å²) in [5.74, 6) is -0.518. The fourth-order valence-corrected chi connectivity index (χ4v) is 2.06. The van der Waals surface area contributed by atoms with Crippen molar-refractivity contribution < 1.29 is 14.5 Å². The molecule has 2 rings (SSSR count). The van der Waals surface area contributed by atoms with Gasteiger partial charge in [0.1, 0.15) is 5.69 Å². The number of nitro groups is 1. The Balaban J connectivity index is 2.07. The summed E-state index contributed by atoms with van der Waals surface area (Å²) in [4.78, 5) is 26.1. The second-order valence-electron chi connectivity index (χ2n) is 4.89. The first kappa shape index (κ1) is 17.1. The molecule has 7 nitrogen and oxygen atoms in total. The van der Waals surface area contributed by atoms with E-state index in [1.807, 2.05) is 18.2 Å². The van der Waals surface area contributed by atoms with Crippen molar-refractivity contribution in [1.29, 1.82) is 0 Å². The van der Waals surface area contributed by atoms with Crippen LogP contribution < -0.4 is 5.32 Å². The molecule has 7 heteroatoms. The number of rotatable bonds is 7. The molecule has 0 aliphatic heterocycles. The molecule has 0 bridgehead atoms. The quantitative estimate of drug-likeness (QED) is 0.364. The average molecular weight is 327 g/mol. The first-order valence-corrected chi connectivity index (χ1v) is 7.28. The van der Waals surface area contributed by atoms with E-state index in [0.717, 1.165) is 5.69 Å².